The van der Waals surface area contributed by atoms with Crippen LogP contribution in [0.2, 0.25) is 0 Å². The van der Waals surface area contributed by atoms with Gasteiger partial charge in [-0.2, -0.15) is 0 Å². The highest BCUT2D eigenvalue weighted by Crippen LogP contribution is 2.34. The topological polar surface area (TPSA) is 42.7 Å². The Morgan fingerprint density at radius 3 is 2.74 bits per heavy atom. The molecule has 2 aromatic rings. The second-order valence-corrected chi connectivity index (χ2v) is 6.13. The van der Waals surface area contributed by atoms with Crippen LogP contribution in [0.1, 0.15) is 28.3 Å². The molecule has 23 heavy (non-hydrogen) atoms. The molecule has 2 aliphatic rings. The Morgan fingerprint density at radius 2 is 2.00 bits per heavy atom. The zero-order valence-electron chi connectivity index (χ0n) is 12.9. The van der Waals surface area contributed by atoms with Crippen molar-refractivity contribution < 1.29 is 13.9 Å². The third-order valence-electron chi connectivity index (χ3n) is 4.61. The van der Waals surface area contributed by atoms with Gasteiger partial charge in [0, 0.05) is 12.6 Å². The van der Waals surface area contributed by atoms with Gasteiger partial charge in [-0.3, -0.25) is 9.69 Å². The van der Waals surface area contributed by atoms with Gasteiger partial charge >= 0.3 is 0 Å². The highest BCUT2D eigenvalue weighted by atomic mass is 16.5. The third-order valence-corrected chi connectivity index (χ3v) is 4.61. The normalized spacial score (nSPS) is 24.3. The van der Waals surface area contributed by atoms with Crippen LogP contribution in [0.15, 0.2) is 53.0 Å². The molecular weight excluding hydrogens is 290 g/mol. The van der Waals surface area contributed by atoms with Crippen molar-refractivity contribution in [3.05, 3.63) is 65.6 Å². The molecule has 1 aromatic carbocycles. The van der Waals surface area contributed by atoms with Crippen LogP contribution in [0.5, 0.6) is 0 Å². The van der Waals surface area contributed by atoms with Crippen molar-refractivity contribution in [3.8, 4) is 0 Å². The van der Waals surface area contributed by atoms with Crippen LogP contribution in [0, 0.1) is 0 Å². The Kier molecular flexibility index (Phi) is 3.85. The summed E-state index contributed by atoms with van der Waals surface area (Å²) in [6.07, 6.45) is 3.86. The fourth-order valence-corrected chi connectivity index (χ4v) is 3.47. The molecule has 0 radical (unpaired) electrons. The van der Waals surface area contributed by atoms with E-state index in [1.54, 1.807) is 6.07 Å². The van der Waals surface area contributed by atoms with Crippen LogP contribution in [0.4, 0.5) is 0 Å². The van der Waals surface area contributed by atoms with E-state index in [9.17, 15) is 4.79 Å². The van der Waals surface area contributed by atoms with Gasteiger partial charge in [-0.05, 0) is 29.7 Å². The lowest BCUT2D eigenvalue weighted by molar-refractivity contribution is -0.0404. The maximum atomic E-state index is 10.8. The van der Waals surface area contributed by atoms with Crippen LogP contribution >= 0.6 is 0 Å². The number of fused-ring (bicyclic) bond motifs is 2. The van der Waals surface area contributed by atoms with Gasteiger partial charge in [0.1, 0.15) is 5.76 Å². The zero-order chi connectivity index (χ0) is 15.6. The summed E-state index contributed by atoms with van der Waals surface area (Å²) in [5.41, 5.74) is 2.50. The Labute approximate surface area is 135 Å². The molecule has 2 atom stereocenters. The minimum Gasteiger partial charge on any atom is -0.454 e. The minimum atomic E-state index is 0.252. The zero-order valence-corrected chi connectivity index (χ0v) is 12.9. The predicted octanol–water partition coefficient (Wildman–Crippen LogP) is 3.15. The van der Waals surface area contributed by atoms with Crippen molar-refractivity contribution in [1.82, 2.24) is 4.90 Å². The number of carbonyl (C=O) groups is 1. The first kappa shape index (κ1) is 14.4. The van der Waals surface area contributed by atoms with Gasteiger partial charge in [0.15, 0.2) is 12.0 Å². The van der Waals surface area contributed by atoms with E-state index >= 15 is 0 Å². The second kappa shape index (κ2) is 6.14. The highest BCUT2D eigenvalue weighted by Gasteiger charge is 2.35. The summed E-state index contributed by atoms with van der Waals surface area (Å²) in [6.45, 7) is 2.37. The summed E-state index contributed by atoms with van der Waals surface area (Å²) in [7, 11) is 0. The quantitative estimate of drug-likeness (QED) is 0.814. The molecule has 0 spiro atoms. The number of hydrogen-bond donors (Lipinski definition) is 0. The van der Waals surface area contributed by atoms with Crippen molar-refractivity contribution >= 4 is 11.9 Å². The second-order valence-electron chi connectivity index (χ2n) is 6.13. The van der Waals surface area contributed by atoms with E-state index in [4.69, 9.17) is 9.15 Å². The molecule has 3 heterocycles. The first-order chi connectivity index (χ1) is 11.3. The summed E-state index contributed by atoms with van der Waals surface area (Å²) in [5, 5.41) is 0. The number of furan rings is 1. The van der Waals surface area contributed by atoms with Crippen molar-refractivity contribution in [2.45, 2.75) is 25.0 Å². The molecule has 0 aliphatic carbocycles. The summed E-state index contributed by atoms with van der Waals surface area (Å²) < 4.78 is 11.3. The predicted molar refractivity (Wildman–Crippen MR) is 87.1 cm³/mol. The van der Waals surface area contributed by atoms with Crippen LogP contribution in [0.25, 0.3) is 5.57 Å². The molecule has 1 saturated heterocycles. The summed E-state index contributed by atoms with van der Waals surface area (Å²) in [4.78, 5) is 13.3. The number of carbonyl (C=O) groups excluding carboxylic acids is 1. The molecular formula is C19H19NO3. The fourth-order valence-electron chi connectivity index (χ4n) is 3.47. The molecule has 4 rings (SSSR count). The average molecular weight is 309 g/mol. The molecule has 4 heteroatoms. The third kappa shape index (κ3) is 2.87. The van der Waals surface area contributed by atoms with Gasteiger partial charge in [0.25, 0.3) is 0 Å². The number of benzene rings is 1. The monoisotopic (exact) mass is 309 g/mol. The first-order valence-corrected chi connectivity index (χ1v) is 7.97. The standard InChI is InChI=1S/C19H19NO3/c21-11-18-6-7-19(23-18)15-8-16-12-22-13-17(9-15)20(16)10-14-4-2-1-3-5-14/h1-8,11,16-17H,9-10,12-13H2. The maximum absolute atomic E-state index is 10.8. The van der Waals surface area contributed by atoms with Gasteiger partial charge < -0.3 is 9.15 Å². The smallest absolute Gasteiger partial charge is 0.185 e. The largest absolute Gasteiger partial charge is 0.454 e. The number of morpholine rings is 1. The SMILES string of the molecule is O=Cc1ccc(C2=CC3COCC(C2)N3Cc2ccccc2)o1. The molecule has 4 nitrogen and oxygen atoms in total. The van der Waals surface area contributed by atoms with Crippen molar-refractivity contribution in [1.29, 1.82) is 0 Å². The number of aldehydes is 1. The molecule has 2 aliphatic heterocycles. The lowest BCUT2D eigenvalue weighted by atomic mass is 9.92. The molecule has 0 saturated carbocycles. The van der Waals surface area contributed by atoms with Crippen LogP contribution in [0.3, 0.4) is 0 Å². The van der Waals surface area contributed by atoms with Crippen molar-refractivity contribution in [2.24, 2.45) is 0 Å². The molecule has 2 unspecified atom stereocenters. The van der Waals surface area contributed by atoms with Gasteiger partial charge in [-0.1, -0.05) is 36.4 Å². The molecule has 1 aromatic heterocycles. The van der Waals surface area contributed by atoms with Gasteiger partial charge in [0.05, 0.1) is 19.3 Å². The van der Waals surface area contributed by atoms with Crippen LogP contribution < -0.4 is 0 Å². The van der Waals surface area contributed by atoms with E-state index in [-0.39, 0.29) is 6.04 Å². The summed E-state index contributed by atoms with van der Waals surface area (Å²) >= 11 is 0. The Morgan fingerprint density at radius 1 is 1.13 bits per heavy atom. The first-order valence-electron chi connectivity index (χ1n) is 7.97. The van der Waals surface area contributed by atoms with E-state index in [1.807, 2.05) is 12.1 Å². The molecule has 1 fully saturated rings. The summed E-state index contributed by atoms with van der Waals surface area (Å²) in [5.74, 6) is 1.19. The lowest BCUT2D eigenvalue weighted by Crippen LogP contribution is -2.53. The van der Waals surface area contributed by atoms with E-state index in [0.29, 0.717) is 18.4 Å². The van der Waals surface area contributed by atoms with Crippen molar-refractivity contribution in [3.63, 3.8) is 0 Å². The van der Waals surface area contributed by atoms with E-state index in [0.717, 1.165) is 31.6 Å². The average Bonchev–Trinajstić information content (AvgIpc) is 3.05. The van der Waals surface area contributed by atoms with E-state index in [2.05, 4.69) is 35.2 Å². The van der Waals surface area contributed by atoms with Crippen LogP contribution in [-0.4, -0.2) is 36.5 Å². The number of rotatable bonds is 4. The van der Waals surface area contributed by atoms with Gasteiger partial charge in [0.2, 0.25) is 0 Å². The molecule has 0 N–H and O–H groups in total. The van der Waals surface area contributed by atoms with Gasteiger partial charge in [-0.25, -0.2) is 0 Å². The minimum absolute atomic E-state index is 0.252. The Bertz CT molecular complexity index is 719. The Balaban J connectivity index is 1.59. The number of hydrogen-bond acceptors (Lipinski definition) is 4. The van der Waals surface area contributed by atoms with Crippen molar-refractivity contribution in [2.75, 3.05) is 13.2 Å². The molecule has 2 bridgehead atoms. The van der Waals surface area contributed by atoms with E-state index in [1.165, 1.54) is 11.1 Å². The fraction of sp³-hybridized carbons (Fsp3) is 0.316. The Hall–Kier alpha value is -2.17. The van der Waals surface area contributed by atoms with Gasteiger partial charge in [-0.15, -0.1) is 0 Å². The highest BCUT2D eigenvalue weighted by molar-refractivity contribution is 5.73. The maximum Gasteiger partial charge on any atom is 0.185 e. The summed E-state index contributed by atoms with van der Waals surface area (Å²) in [6, 6.07) is 14.7. The lowest BCUT2D eigenvalue weighted by Gasteiger charge is -2.44. The van der Waals surface area contributed by atoms with E-state index < -0.39 is 0 Å². The molecule has 0 amide bonds. The van der Waals surface area contributed by atoms with Crippen LogP contribution in [-0.2, 0) is 11.3 Å². The molecule has 118 valence electrons. The number of ether oxygens (including phenoxy) is 1. The number of nitrogens with zero attached hydrogens (tertiary/aromatic N) is 1.